The molecule has 2 nitrogen and oxygen atoms in total. The summed E-state index contributed by atoms with van der Waals surface area (Å²) in [5, 5.41) is 0. The molecule has 2 atom stereocenters. The van der Waals surface area contributed by atoms with Crippen molar-refractivity contribution in [1.82, 2.24) is 5.48 Å². The SMILES string of the molecule is CC(C)CONCC1CCCC(C)C1. The second-order valence-corrected chi connectivity index (χ2v) is 5.19. The summed E-state index contributed by atoms with van der Waals surface area (Å²) in [6.07, 6.45) is 5.57. The van der Waals surface area contributed by atoms with E-state index in [-0.39, 0.29) is 0 Å². The molecule has 0 aromatic carbocycles. The standard InChI is InChI=1S/C12H25NO/c1-10(2)9-14-13-8-12-6-4-5-11(3)7-12/h10-13H,4-9H2,1-3H3. The van der Waals surface area contributed by atoms with Crippen LogP contribution < -0.4 is 5.48 Å². The van der Waals surface area contributed by atoms with Crippen LogP contribution in [0.4, 0.5) is 0 Å². The lowest BCUT2D eigenvalue weighted by Crippen LogP contribution is -2.27. The number of hydroxylamine groups is 1. The lowest BCUT2D eigenvalue weighted by molar-refractivity contribution is 0.0114. The molecule has 1 N–H and O–H groups in total. The maximum absolute atomic E-state index is 5.38. The van der Waals surface area contributed by atoms with Crippen LogP contribution >= 0.6 is 0 Å². The second kappa shape index (κ2) is 6.41. The number of hydrogen-bond acceptors (Lipinski definition) is 2. The number of rotatable bonds is 5. The van der Waals surface area contributed by atoms with Gasteiger partial charge in [0, 0.05) is 6.54 Å². The van der Waals surface area contributed by atoms with Gasteiger partial charge in [0.15, 0.2) is 0 Å². The zero-order valence-electron chi connectivity index (χ0n) is 9.88. The first-order valence-electron chi connectivity index (χ1n) is 6.03. The molecule has 1 aliphatic rings. The van der Waals surface area contributed by atoms with E-state index in [1.54, 1.807) is 0 Å². The van der Waals surface area contributed by atoms with Gasteiger partial charge in [0.1, 0.15) is 0 Å². The van der Waals surface area contributed by atoms with Gasteiger partial charge in [0.25, 0.3) is 0 Å². The van der Waals surface area contributed by atoms with Crippen molar-refractivity contribution in [1.29, 1.82) is 0 Å². The first kappa shape index (κ1) is 12.0. The molecule has 0 aliphatic heterocycles. The molecule has 0 amide bonds. The van der Waals surface area contributed by atoms with Crippen molar-refractivity contribution < 1.29 is 4.84 Å². The van der Waals surface area contributed by atoms with Crippen molar-refractivity contribution in [2.24, 2.45) is 17.8 Å². The summed E-state index contributed by atoms with van der Waals surface area (Å²) in [5.74, 6) is 2.37. The third-order valence-corrected chi connectivity index (χ3v) is 2.94. The molecule has 0 bridgehead atoms. The Kier molecular flexibility index (Phi) is 5.49. The predicted octanol–water partition coefficient (Wildman–Crippen LogP) is 2.99. The van der Waals surface area contributed by atoms with Crippen molar-refractivity contribution >= 4 is 0 Å². The highest BCUT2D eigenvalue weighted by molar-refractivity contribution is 4.70. The maximum Gasteiger partial charge on any atom is 0.0705 e. The Hall–Kier alpha value is -0.0800. The van der Waals surface area contributed by atoms with Crippen LogP contribution in [0, 0.1) is 17.8 Å². The first-order chi connectivity index (χ1) is 6.68. The molecule has 0 radical (unpaired) electrons. The first-order valence-corrected chi connectivity index (χ1v) is 6.03. The van der Waals surface area contributed by atoms with E-state index in [1.807, 2.05) is 0 Å². The minimum atomic E-state index is 0.618. The average Bonchev–Trinajstić information content (AvgIpc) is 2.12. The van der Waals surface area contributed by atoms with Crippen molar-refractivity contribution in [3.05, 3.63) is 0 Å². The quantitative estimate of drug-likeness (QED) is 0.543. The van der Waals surface area contributed by atoms with Crippen LogP contribution in [-0.4, -0.2) is 13.2 Å². The highest BCUT2D eigenvalue weighted by Crippen LogP contribution is 2.27. The van der Waals surface area contributed by atoms with Gasteiger partial charge in [0.05, 0.1) is 6.61 Å². The molecule has 1 rings (SSSR count). The molecule has 1 fully saturated rings. The largest absolute Gasteiger partial charge is 0.302 e. The van der Waals surface area contributed by atoms with Crippen LogP contribution in [-0.2, 0) is 4.84 Å². The summed E-state index contributed by atoms with van der Waals surface area (Å²) in [4.78, 5) is 5.38. The van der Waals surface area contributed by atoms with Gasteiger partial charge in [-0.3, -0.25) is 0 Å². The fraction of sp³-hybridized carbons (Fsp3) is 1.00. The Morgan fingerprint density at radius 1 is 1.36 bits per heavy atom. The number of nitrogens with one attached hydrogen (secondary N) is 1. The molecule has 2 heteroatoms. The Balaban J connectivity index is 2.00. The molecule has 1 saturated carbocycles. The van der Waals surface area contributed by atoms with E-state index in [2.05, 4.69) is 26.3 Å². The summed E-state index contributed by atoms with van der Waals surface area (Å²) in [7, 11) is 0. The van der Waals surface area contributed by atoms with E-state index in [0.29, 0.717) is 5.92 Å². The van der Waals surface area contributed by atoms with Crippen molar-refractivity contribution in [2.75, 3.05) is 13.2 Å². The smallest absolute Gasteiger partial charge is 0.0705 e. The van der Waals surface area contributed by atoms with Gasteiger partial charge in [0.2, 0.25) is 0 Å². The van der Waals surface area contributed by atoms with E-state index >= 15 is 0 Å². The average molecular weight is 199 g/mol. The van der Waals surface area contributed by atoms with Crippen molar-refractivity contribution in [3.8, 4) is 0 Å². The highest BCUT2D eigenvalue weighted by atomic mass is 16.6. The molecule has 14 heavy (non-hydrogen) atoms. The van der Waals surface area contributed by atoms with E-state index in [4.69, 9.17) is 4.84 Å². The number of hydrogen-bond donors (Lipinski definition) is 1. The molecule has 0 saturated heterocycles. The van der Waals surface area contributed by atoms with Crippen LogP contribution in [0.3, 0.4) is 0 Å². The highest BCUT2D eigenvalue weighted by Gasteiger charge is 2.18. The van der Waals surface area contributed by atoms with Crippen LogP contribution in [0.15, 0.2) is 0 Å². The lowest BCUT2D eigenvalue weighted by Gasteiger charge is -2.26. The summed E-state index contributed by atoms with van der Waals surface area (Å²) in [5.41, 5.74) is 3.11. The Morgan fingerprint density at radius 3 is 2.79 bits per heavy atom. The maximum atomic E-state index is 5.38. The molecular weight excluding hydrogens is 174 g/mol. The predicted molar refractivity (Wildman–Crippen MR) is 59.9 cm³/mol. The Bertz CT molecular complexity index is 147. The fourth-order valence-electron chi connectivity index (χ4n) is 2.15. The molecule has 1 aliphatic carbocycles. The molecule has 0 spiro atoms. The van der Waals surface area contributed by atoms with Gasteiger partial charge in [-0.25, -0.2) is 5.48 Å². The third kappa shape index (κ3) is 4.97. The van der Waals surface area contributed by atoms with Gasteiger partial charge in [-0.15, -0.1) is 0 Å². The molecular formula is C12H25NO. The van der Waals surface area contributed by atoms with Gasteiger partial charge in [-0.05, 0) is 30.6 Å². The zero-order chi connectivity index (χ0) is 10.4. The molecule has 84 valence electrons. The topological polar surface area (TPSA) is 21.3 Å². The summed E-state index contributed by atoms with van der Waals surface area (Å²) >= 11 is 0. The van der Waals surface area contributed by atoms with Crippen molar-refractivity contribution in [3.63, 3.8) is 0 Å². The van der Waals surface area contributed by atoms with Crippen molar-refractivity contribution in [2.45, 2.75) is 46.5 Å². The summed E-state index contributed by atoms with van der Waals surface area (Å²) in [6.45, 7) is 8.56. The second-order valence-electron chi connectivity index (χ2n) is 5.19. The summed E-state index contributed by atoms with van der Waals surface area (Å²) in [6, 6.07) is 0. The van der Waals surface area contributed by atoms with Crippen LogP contribution in [0.2, 0.25) is 0 Å². The van der Waals surface area contributed by atoms with Gasteiger partial charge in [-0.1, -0.05) is 33.6 Å². The zero-order valence-corrected chi connectivity index (χ0v) is 9.88. The fourth-order valence-corrected chi connectivity index (χ4v) is 2.15. The van der Waals surface area contributed by atoms with Crippen LogP contribution in [0.1, 0.15) is 46.5 Å². The molecule has 2 unspecified atom stereocenters. The Labute approximate surface area is 88.4 Å². The van der Waals surface area contributed by atoms with Gasteiger partial charge < -0.3 is 4.84 Å². The lowest BCUT2D eigenvalue weighted by atomic mass is 9.82. The third-order valence-electron chi connectivity index (χ3n) is 2.94. The van der Waals surface area contributed by atoms with E-state index in [1.165, 1.54) is 25.7 Å². The Morgan fingerprint density at radius 2 is 2.14 bits per heavy atom. The summed E-state index contributed by atoms with van der Waals surface area (Å²) < 4.78 is 0. The van der Waals surface area contributed by atoms with Crippen LogP contribution in [0.25, 0.3) is 0 Å². The van der Waals surface area contributed by atoms with Gasteiger partial charge >= 0.3 is 0 Å². The molecule has 0 aromatic rings. The monoisotopic (exact) mass is 199 g/mol. The van der Waals surface area contributed by atoms with Crippen LogP contribution in [0.5, 0.6) is 0 Å². The van der Waals surface area contributed by atoms with Gasteiger partial charge in [-0.2, -0.15) is 0 Å². The minimum absolute atomic E-state index is 0.618. The molecule has 0 aromatic heterocycles. The van der Waals surface area contributed by atoms with E-state index < -0.39 is 0 Å². The minimum Gasteiger partial charge on any atom is -0.302 e. The molecule has 0 heterocycles. The normalized spacial score (nSPS) is 28.3. The van der Waals surface area contributed by atoms with E-state index in [9.17, 15) is 0 Å². The van der Waals surface area contributed by atoms with E-state index in [0.717, 1.165) is 25.0 Å².